The summed E-state index contributed by atoms with van der Waals surface area (Å²) in [6.07, 6.45) is 3.39. The molecule has 1 saturated heterocycles. The summed E-state index contributed by atoms with van der Waals surface area (Å²) in [5, 5.41) is 9.10. The van der Waals surface area contributed by atoms with Gasteiger partial charge in [0.2, 0.25) is 0 Å². The number of amides is 1. The van der Waals surface area contributed by atoms with Crippen molar-refractivity contribution < 1.29 is 9.53 Å². The molecule has 1 aliphatic rings. The van der Waals surface area contributed by atoms with Crippen molar-refractivity contribution in [2.45, 2.75) is 32.3 Å². The molecule has 1 aromatic rings. The van der Waals surface area contributed by atoms with Gasteiger partial charge in [-0.15, -0.1) is 0 Å². The highest BCUT2D eigenvalue weighted by Gasteiger charge is 2.22. The normalized spacial score (nSPS) is 18.3. The van der Waals surface area contributed by atoms with Crippen LogP contribution in [0.25, 0.3) is 0 Å². The topological polar surface area (TPSA) is 53.3 Å². The van der Waals surface area contributed by atoms with E-state index in [1.807, 2.05) is 6.92 Å². The summed E-state index contributed by atoms with van der Waals surface area (Å²) in [5.74, 6) is -0.0844. The molecule has 1 heterocycles. The average Bonchev–Trinajstić information content (AvgIpc) is 2.53. The number of carbonyl (C=O) groups excluding carboxylic acids is 1. The molecule has 1 amide bonds. The molecule has 0 spiro atoms. The standard InChI is InChI=1S/C16H20N2O2/c1-2-18(12-14-8-5-6-10-20-14)16(19)15-9-4-3-7-13(15)11-17/h3-4,7,9,14H,2,5-6,8,10,12H2,1H3/t14-/m1/s1. The number of nitriles is 1. The SMILES string of the molecule is CCN(C[C@H]1CCCCO1)C(=O)c1ccccc1C#N. The average molecular weight is 272 g/mol. The lowest BCUT2D eigenvalue weighted by molar-refractivity contribution is -0.00312. The van der Waals surface area contributed by atoms with Crippen LogP contribution in [0, 0.1) is 11.3 Å². The molecule has 0 N–H and O–H groups in total. The molecule has 20 heavy (non-hydrogen) atoms. The third kappa shape index (κ3) is 3.37. The van der Waals surface area contributed by atoms with E-state index in [0.29, 0.717) is 24.2 Å². The van der Waals surface area contributed by atoms with Crippen molar-refractivity contribution in [3.63, 3.8) is 0 Å². The zero-order valence-corrected chi connectivity index (χ0v) is 11.8. The fraction of sp³-hybridized carbons (Fsp3) is 0.500. The zero-order valence-electron chi connectivity index (χ0n) is 11.8. The van der Waals surface area contributed by atoms with E-state index in [9.17, 15) is 4.79 Å². The molecule has 0 saturated carbocycles. The van der Waals surface area contributed by atoms with E-state index in [1.54, 1.807) is 29.2 Å². The van der Waals surface area contributed by atoms with Gasteiger partial charge in [0.25, 0.3) is 5.91 Å². The van der Waals surface area contributed by atoms with Crippen LogP contribution in [0.3, 0.4) is 0 Å². The summed E-state index contributed by atoms with van der Waals surface area (Å²) in [7, 11) is 0. The van der Waals surface area contributed by atoms with E-state index in [2.05, 4.69) is 6.07 Å². The number of benzene rings is 1. The van der Waals surface area contributed by atoms with E-state index in [-0.39, 0.29) is 12.0 Å². The Morgan fingerprint density at radius 3 is 2.90 bits per heavy atom. The number of hydrogen-bond donors (Lipinski definition) is 0. The van der Waals surface area contributed by atoms with Crippen LogP contribution >= 0.6 is 0 Å². The van der Waals surface area contributed by atoms with Gasteiger partial charge in [0.05, 0.1) is 23.3 Å². The summed E-state index contributed by atoms with van der Waals surface area (Å²) in [5.41, 5.74) is 0.910. The second-order valence-electron chi connectivity index (χ2n) is 4.99. The van der Waals surface area contributed by atoms with Crippen LogP contribution in [0.15, 0.2) is 24.3 Å². The quantitative estimate of drug-likeness (QED) is 0.846. The lowest BCUT2D eigenvalue weighted by Crippen LogP contribution is -2.39. The van der Waals surface area contributed by atoms with Gasteiger partial charge < -0.3 is 9.64 Å². The molecule has 0 unspecified atom stereocenters. The van der Waals surface area contributed by atoms with E-state index < -0.39 is 0 Å². The van der Waals surface area contributed by atoms with Gasteiger partial charge in [-0.3, -0.25) is 4.79 Å². The van der Waals surface area contributed by atoms with Crippen LogP contribution < -0.4 is 0 Å². The first-order chi connectivity index (χ1) is 9.76. The van der Waals surface area contributed by atoms with Gasteiger partial charge >= 0.3 is 0 Å². The highest BCUT2D eigenvalue weighted by atomic mass is 16.5. The minimum absolute atomic E-state index is 0.0844. The Kier molecular flexibility index (Phi) is 5.14. The van der Waals surface area contributed by atoms with Crippen LogP contribution in [0.2, 0.25) is 0 Å². The van der Waals surface area contributed by atoms with Crippen molar-refractivity contribution in [1.29, 1.82) is 5.26 Å². The van der Waals surface area contributed by atoms with Gasteiger partial charge in [-0.2, -0.15) is 5.26 Å². The van der Waals surface area contributed by atoms with Crippen LogP contribution in [0.5, 0.6) is 0 Å². The Bertz CT molecular complexity index is 501. The number of hydrogen-bond acceptors (Lipinski definition) is 3. The second kappa shape index (κ2) is 7.06. The van der Waals surface area contributed by atoms with Crippen molar-refractivity contribution in [3.05, 3.63) is 35.4 Å². The van der Waals surface area contributed by atoms with E-state index >= 15 is 0 Å². The molecular formula is C16H20N2O2. The molecule has 1 atom stereocenters. The molecule has 2 rings (SSSR count). The van der Waals surface area contributed by atoms with Crippen LogP contribution in [-0.4, -0.2) is 36.6 Å². The minimum atomic E-state index is -0.0844. The highest BCUT2D eigenvalue weighted by Crippen LogP contribution is 2.16. The molecule has 1 fully saturated rings. The van der Waals surface area contributed by atoms with Crippen LogP contribution in [-0.2, 0) is 4.74 Å². The highest BCUT2D eigenvalue weighted by molar-refractivity contribution is 5.96. The van der Waals surface area contributed by atoms with Crippen molar-refractivity contribution in [1.82, 2.24) is 4.90 Å². The summed E-state index contributed by atoms with van der Waals surface area (Å²) in [6, 6.07) is 9.04. The fourth-order valence-corrected chi connectivity index (χ4v) is 2.49. The third-order valence-electron chi connectivity index (χ3n) is 3.64. The first-order valence-electron chi connectivity index (χ1n) is 7.16. The number of likely N-dealkylation sites (N-methyl/N-ethyl adjacent to an activating group) is 1. The molecule has 4 nitrogen and oxygen atoms in total. The minimum Gasteiger partial charge on any atom is -0.376 e. The van der Waals surface area contributed by atoms with Gasteiger partial charge in [0, 0.05) is 19.7 Å². The molecule has 0 radical (unpaired) electrons. The van der Waals surface area contributed by atoms with Crippen LogP contribution in [0.4, 0.5) is 0 Å². The maximum Gasteiger partial charge on any atom is 0.255 e. The Labute approximate surface area is 120 Å². The van der Waals surface area contributed by atoms with Gasteiger partial charge in [0.1, 0.15) is 0 Å². The predicted molar refractivity (Wildman–Crippen MR) is 76.3 cm³/mol. The van der Waals surface area contributed by atoms with Crippen molar-refractivity contribution >= 4 is 5.91 Å². The lowest BCUT2D eigenvalue weighted by atomic mass is 10.1. The van der Waals surface area contributed by atoms with Crippen LogP contribution in [0.1, 0.15) is 42.1 Å². The molecule has 106 valence electrons. The van der Waals surface area contributed by atoms with Crippen molar-refractivity contribution in [2.24, 2.45) is 0 Å². The van der Waals surface area contributed by atoms with E-state index in [4.69, 9.17) is 10.00 Å². The molecule has 4 heteroatoms. The van der Waals surface area contributed by atoms with Gasteiger partial charge in [-0.05, 0) is 38.3 Å². The van der Waals surface area contributed by atoms with Gasteiger partial charge in [-0.25, -0.2) is 0 Å². The first-order valence-corrected chi connectivity index (χ1v) is 7.16. The fourth-order valence-electron chi connectivity index (χ4n) is 2.49. The summed E-state index contributed by atoms with van der Waals surface area (Å²) >= 11 is 0. The maximum atomic E-state index is 12.5. The monoisotopic (exact) mass is 272 g/mol. The smallest absolute Gasteiger partial charge is 0.255 e. The van der Waals surface area contributed by atoms with Crippen molar-refractivity contribution in [3.8, 4) is 6.07 Å². The number of ether oxygens (including phenoxy) is 1. The van der Waals surface area contributed by atoms with Gasteiger partial charge in [-0.1, -0.05) is 12.1 Å². The Morgan fingerprint density at radius 1 is 1.45 bits per heavy atom. The summed E-state index contributed by atoms with van der Waals surface area (Å²) < 4.78 is 5.69. The molecule has 0 aliphatic carbocycles. The first kappa shape index (κ1) is 14.5. The largest absolute Gasteiger partial charge is 0.376 e. The lowest BCUT2D eigenvalue weighted by Gasteiger charge is -2.29. The number of carbonyl (C=O) groups is 1. The molecule has 1 aliphatic heterocycles. The second-order valence-corrected chi connectivity index (χ2v) is 4.99. The zero-order chi connectivity index (χ0) is 14.4. The molecule has 0 aromatic heterocycles. The Morgan fingerprint density at radius 2 is 2.25 bits per heavy atom. The van der Waals surface area contributed by atoms with E-state index in [1.165, 1.54) is 0 Å². The van der Waals surface area contributed by atoms with Crippen molar-refractivity contribution in [2.75, 3.05) is 19.7 Å². The number of rotatable bonds is 4. The number of nitrogens with zero attached hydrogens (tertiary/aromatic N) is 2. The van der Waals surface area contributed by atoms with Gasteiger partial charge in [0.15, 0.2) is 0 Å². The summed E-state index contributed by atoms with van der Waals surface area (Å²) in [4.78, 5) is 14.3. The Balaban J connectivity index is 2.10. The maximum absolute atomic E-state index is 12.5. The van der Waals surface area contributed by atoms with E-state index in [0.717, 1.165) is 25.9 Å². The molecule has 1 aromatic carbocycles. The predicted octanol–water partition coefficient (Wildman–Crippen LogP) is 2.59. The summed E-state index contributed by atoms with van der Waals surface area (Å²) in [6.45, 7) is 3.97. The third-order valence-corrected chi connectivity index (χ3v) is 3.64. The Hall–Kier alpha value is -1.86. The molecule has 0 bridgehead atoms. The molecular weight excluding hydrogens is 252 g/mol.